The number of pyridine rings is 1. The number of hydrogen-bond acceptors (Lipinski definition) is 4. The van der Waals surface area contributed by atoms with Crippen molar-refractivity contribution in [2.45, 2.75) is 31.4 Å². The molecule has 1 aromatic carbocycles. The number of rotatable bonds is 4. The van der Waals surface area contributed by atoms with Gasteiger partial charge in [0, 0.05) is 44.4 Å². The van der Waals surface area contributed by atoms with Gasteiger partial charge in [0.05, 0.1) is 5.02 Å². The fourth-order valence-corrected chi connectivity index (χ4v) is 4.20. The van der Waals surface area contributed by atoms with Crippen molar-refractivity contribution < 1.29 is 27.5 Å². The van der Waals surface area contributed by atoms with E-state index in [0.29, 0.717) is 5.56 Å². The second-order valence-electron chi connectivity index (χ2n) is 7.52. The Labute approximate surface area is 181 Å². The number of carbonyl (C=O) groups is 2. The zero-order valence-electron chi connectivity index (χ0n) is 16.4. The molecule has 1 aromatic heterocycles. The first-order valence-corrected chi connectivity index (χ1v) is 10.1. The minimum absolute atomic E-state index is 0.0679. The van der Waals surface area contributed by atoms with Crippen molar-refractivity contribution in [3.8, 4) is 0 Å². The highest BCUT2D eigenvalue weighted by atomic mass is 35.5. The number of piperazine rings is 1. The van der Waals surface area contributed by atoms with Crippen LogP contribution in [-0.2, 0) is 20.9 Å². The van der Waals surface area contributed by atoms with Crippen LogP contribution in [0.5, 0.6) is 0 Å². The quantitative estimate of drug-likeness (QED) is 0.707. The summed E-state index contributed by atoms with van der Waals surface area (Å²) in [6, 6.07) is 6.66. The summed E-state index contributed by atoms with van der Waals surface area (Å²) in [5, 5.41) is 0.0756. The Morgan fingerprint density at radius 2 is 1.84 bits per heavy atom. The van der Waals surface area contributed by atoms with Gasteiger partial charge in [-0.2, -0.15) is 0 Å². The van der Waals surface area contributed by atoms with E-state index in [-0.39, 0.29) is 55.5 Å². The molecule has 2 saturated heterocycles. The summed E-state index contributed by atoms with van der Waals surface area (Å²) in [6.45, 7) is 0.189. The van der Waals surface area contributed by atoms with Gasteiger partial charge in [0.15, 0.2) is 11.6 Å². The molecule has 0 N–H and O–H groups in total. The van der Waals surface area contributed by atoms with Gasteiger partial charge in [0.1, 0.15) is 12.1 Å². The van der Waals surface area contributed by atoms with Crippen LogP contribution in [0.4, 0.5) is 19.0 Å². The number of benzene rings is 1. The van der Waals surface area contributed by atoms with Crippen LogP contribution in [0, 0.1) is 5.82 Å². The fraction of sp³-hybridized carbons (Fsp3) is 0.381. The summed E-state index contributed by atoms with van der Waals surface area (Å²) >= 11 is 5.76. The van der Waals surface area contributed by atoms with Crippen LogP contribution >= 0.6 is 11.6 Å². The van der Waals surface area contributed by atoms with Crippen molar-refractivity contribution in [1.29, 1.82) is 0 Å². The van der Waals surface area contributed by atoms with E-state index in [1.165, 1.54) is 35.4 Å². The molecule has 6 nitrogen and oxygen atoms in total. The number of alkyl halides is 2. The average molecular weight is 454 g/mol. The number of hydrogen-bond donors (Lipinski definition) is 0. The van der Waals surface area contributed by atoms with E-state index < -0.39 is 29.6 Å². The molecule has 2 amide bonds. The average Bonchev–Trinajstić information content (AvgIpc) is 2.75. The van der Waals surface area contributed by atoms with Gasteiger partial charge in [-0.15, -0.1) is 0 Å². The number of anilines is 1. The van der Waals surface area contributed by atoms with Gasteiger partial charge >= 0.3 is 0 Å². The molecule has 0 unspecified atom stereocenters. The Kier molecular flexibility index (Phi) is 5.90. The zero-order valence-corrected chi connectivity index (χ0v) is 17.1. The highest BCUT2D eigenvalue weighted by Crippen LogP contribution is 2.37. The summed E-state index contributed by atoms with van der Waals surface area (Å²) in [6.07, 6.45) is -0.910. The third kappa shape index (κ3) is 3.99. The van der Waals surface area contributed by atoms with Crippen LogP contribution in [-0.4, -0.2) is 47.0 Å². The van der Waals surface area contributed by atoms with Crippen molar-refractivity contribution in [1.82, 2.24) is 9.88 Å². The molecule has 4 rings (SSSR count). The molecule has 10 heteroatoms. The van der Waals surface area contributed by atoms with Crippen molar-refractivity contribution >= 4 is 29.2 Å². The van der Waals surface area contributed by atoms with E-state index >= 15 is 0 Å². The fourth-order valence-electron chi connectivity index (χ4n) is 4.06. The lowest BCUT2D eigenvalue weighted by Crippen LogP contribution is -2.69. The summed E-state index contributed by atoms with van der Waals surface area (Å²) in [7, 11) is 0. The Hall–Kier alpha value is -2.65. The van der Waals surface area contributed by atoms with Crippen molar-refractivity contribution in [3.63, 3.8) is 0 Å². The molecule has 3 heterocycles. The maximum Gasteiger partial charge on any atom is 0.263 e. The summed E-state index contributed by atoms with van der Waals surface area (Å²) in [5.41, 5.74) is -0.746. The monoisotopic (exact) mass is 453 g/mol. The SMILES string of the molecule is O=C1CN(c2ncc(Cl)cc2F)C(=O)C2(CCOCC2)N1Cc1ccc(C(F)F)cc1. The van der Waals surface area contributed by atoms with E-state index in [1.54, 1.807) is 0 Å². The Balaban J connectivity index is 1.68. The molecule has 2 fully saturated rings. The molecule has 1 spiro atoms. The number of nitrogens with zero attached hydrogens (tertiary/aromatic N) is 3. The topological polar surface area (TPSA) is 62.7 Å². The molecule has 164 valence electrons. The van der Waals surface area contributed by atoms with E-state index in [0.717, 1.165) is 11.0 Å². The second kappa shape index (κ2) is 8.47. The van der Waals surface area contributed by atoms with E-state index in [2.05, 4.69) is 4.98 Å². The lowest BCUT2D eigenvalue weighted by molar-refractivity contribution is -0.158. The van der Waals surface area contributed by atoms with Gasteiger partial charge in [-0.25, -0.2) is 18.2 Å². The van der Waals surface area contributed by atoms with Gasteiger partial charge in [-0.05, 0) is 11.6 Å². The molecule has 0 radical (unpaired) electrons. The predicted molar refractivity (Wildman–Crippen MR) is 106 cm³/mol. The number of halogens is 4. The zero-order chi connectivity index (χ0) is 22.2. The molecular formula is C21H19ClF3N3O3. The lowest BCUT2D eigenvalue weighted by Gasteiger charge is -2.50. The van der Waals surface area contributed by atoms with E-state index in [1.807, 2.05) is 0 Å². The van der Waals surface area contributed by atoms with Gasteiger partial charge in [-0.1, -0.05) is 35.9 Å². The molecule has 2 aliphatic heterocycles. The van der Waals surface area contributed by atoms with Gasteiger partial charge in [-0.3, -0.25) is 14.5 Å². The smallest absolute Gasteiger partial charge is 0.263 e. The number of amides is 2. The van der Waals surface area contributed by atoms with E-state index in [9.17, 15) is 22.8 Å². The maximum atomic E-state index is 14.5. The Bertz CT molecular complexity index is 997. The van der Waals surface area contributed by atoms with Crippen LogP contribution in [0.2, 0.25) is 5.02 Å². The molecule has 0 aliphatic carbocycles. The largest absolute Gasteiger partial charge is 0.381 e. The van der Waals surface area contributed by atoms with Crippen molar-refractivity contribution in [3.05, 3.63) is 58.5 Å². The number of ether oxygens (including phenoxy) is 1. The third-order valence-electron chi connectivity index (χ3n) is 5.69. The molecule has 2 aliphatic rings. The van der Waals surface area contributed by atoms with E-state index in [4.69, 9.17) is 16.3 Å². The van der Waals surface area contributed by atoms with Gasteiger partial charge in [0.2, 0.25) is 5.91 Å². The van der Waals surface area contributed by atoms with Gasteiger partial charge < -0.3 is 9.64 Å². The van der Waals surface area contributed by atoms with Crippen LogP contribution in [0.3, 0.4) is 0 Å². The van der Waals surface area contributed by atoms with Crippen LogP contribution in [0.25, 0.3) is 0 Å². The predicted octanol–water partition coefficient (Wildman–Crippen LogP) is 3.74. The van der Waals surface area contributed by atoms with Crippen molar-refractivity contribution in [2.24, 2.45) is 0 Å². The first-order valence-electron chi connectivity index (χ1n) is 9.70. The summed E-state index contributed by atoms with van der Waals surface area (Å²) in [5.74, 6) is -1.90. The molecule has 0 saturated carbocycles. The standard InChI is InChI=1S/C21H19ClF3N3O3/c22-15-9-16(23)19(26-10-15)27-12-17(29)28(21(20(27)30)5-7-31-8-6-21)11-13-1-3-14(4-2-13)18(24)25/h1-4,9-10,18H,5-8,11-12H2. The molecule has 0 atom stereocenters. The lowest BCUT2D eigenvalue weighted by atomic mass is 9.83. The van der Waals surface area contributed by atoms with Crippen molar-refractivity contribution in [2.75, 3.05) is 24.7 Å². The third-order valence-corrected chi connectivity index (χ3v) is 5.90. The summed E-state index contributed by atoms with van der Waals surface area (Å²) < 4.78 is 45.6. The maximum absolute atomic E-state index is 14.5. The minimum Gasteiger partial charge on any atom is -0.381 e. The number of aromatic nitrogens is 1. The Morgan fingerprint density at radius 3 is 2.45 bits per heavy atom. The normalized spacial score (nSPS) is 18.9. The van der Waals surface area contributed by atoms with Crippen LogP contribution in [0.15, 0.2) is 36.5 Å². The van der Waals surface area contributed by atoms with Gasteiger partial charge in [0.25, 0.3) is 12.3 Å². The minimum atomic E-state index is -2.59. The van der Waals surface area contributed by atoms with Crippen LogP contribution < -0.4 is 4.90 Å². The Morgan fingerprint density at radius 1 is 1.16 bits per heavy atom. The molecule has 31 heavy (non-hydrogen) atoms. The van der Waals surface area contributed by atoms with Crippen LogP contribution in [0.1, 0.15) is 30.4 Å². The molecular weight excluding hydrogens is 435 g/mol. The first kappa shape index (κ1) is 21.6. The second-order valence-corrected chi connectivity index (χ2v) is 7.95. The molecule has 2 aromatic rings. The highest BCUT2D eigenvalue weighted by molar-refractivity contribution is 6.30. The summed E-state index contributed by atoms with van der Waals surface area (Å²) in [4.78, 5) is 33.2. The molecule has 0 bridgehead atoms. The number of carbonyl (C=O) groups excluding carboxylic acids is 2. The first-order chi connectivity index (χ1) is 14.8. The highest BCUT2D eigenvalue weighted by Gasteiger charge is 2.54.